The molecule has 0 radical (unpaired) electrons. The van der Waals surface area contributed by atoms with Crippen molar-refractivity contribution in [1.82, 2.24) is 15.1 Å². The normalized spacial score (nSPS) is 10.9. The van der Waals surface area contributed by atoms with Gasteiger partial charge in [0.05, 0.1) is 7.11 Å². The SMILES string of the molecule is COc1ccccc1-c1nc(Cc2c(C)cc(OCc3noc(=O)[nH]3)c(F)c2C)ccc1O. The van der Waals surface area contributed by atoms with E-state index in [4.69, 9.17) is 9.47 Å². The lowest BCUT2D eigenvalue weighted by Gasteiger charge is -2.16. The highest BCUT2D eigenvalue weighted by Crippen LogP contribution is 2.35. The fourth-order valence-electron chi connectivity index (χ4n) is 3.62. The Morgan fingerprint density at radius 2 is 1.94 bits per heavy atom. The Labute approximate surface area is 188 Å². The lowest BCUT2D eigenvalue weighted by Crippen LogP contribution is -2.06. The van der Waals surface area contributed by atoms with Crippen LogP contribution in [0.3, 0.4) is 0 Å². The van der Waals surface area contributed by atoms with Crippen molar-refractivity contribution in [2.45, 2.75) is 26.9 Å². The van der Waals surface area contributed by atoms with E-state index in [1.807, 2.05) is 25.1 Å². The number of nitrogens with zero attached hydrogens (tertiary/aromatic N) is 2. The number of aromatic amines is 1. The molecular weight excluding hydrogens is 429 g/mol. The van der Waals surface area contributed by atoms with E-state index in [1.54, 1.807) is 38.3 Å². The maximum atomic E-state index is 15.0. The smallest absolute Gasteiger partial charge is 0.439 e. The monoisotopic (exact) mass is 451 g/mol. The Morgan fingerprint density at radius 1 is 1.15 bits per heavy atom. The first kappa shape index (κ1) is 22.1. The molecule has 0 unspecified atom stereocenters. The van der Waals surface area contributed by atoms with Crippen molar-refractivity contribution in [1.29, 1.82) is 0 Å². The number of pyridine rings is 1. The van der Waals surface area contributed by atoms with Gasteiger partial charge >= 0.3 is 5.76 Å². The van der Waals surface area contributed by atoms with E-state index in [0.717, 1.165) is 11.1 Å². The topological polar surface area (TPSA) is 110 Å². The van der Waals surface area contributed by atoms with Crippen LogP contribution in [-0.4, -0.2) is 27.3 Å². The van der Waals surface area contributed by atoms with Crippen molar-refractivity contribution in [2.75, 3.05) is 7.11 Å². The third kappa shape index (κ3) is 4.57. The number of H-pyrrole nitrogens is 1. The number of rotatable bonds is 7. The molecule has 2 aromatic carbocycles. The van der Waals surface area contributed by atoms with E-state index >= 15 is 4.39 Å². The summed E-state index contributed by atoms with van der Waals surface area (Å²) < 4.78 is 30.3. The molecule has 170 valence electrons. The molecular formula is C24H22FN3O5. The number of ether oxygens (including phenoxy) is 2. The van der Waals surface area contributed by atoms with Crippen LogP contribution < -0.4 is 15.2 Å². The molecule has 2 heterocycles. The second kappa shape index (κ2) is 9.15. The van der Waals surface area contributed by atoms with Gasteiger partial charge in [-0.05, 0) is 60.9 Å². The zero-order chi connectivity index (χ0) is 23.5. The van der Waals surface area contributed by atoms with Crippen LogP contribution in [0.25, 0.3) is 11.3 Å². The third-order valence-electron chi connectivity index (χ3n) is 5.32. The van der Waals surface area contributed by atoms with E-state index in [1.165, 1.54) is 0 Å². The summed E-state index contributed by atoms with van der Waals surface area (Å²) in [7, 11) is 1.55. The van der Waals surface area contributed by atoms with Gasteiger partial charge < -0.3 is 14.6 Å². The third-order valence-corrected chi connectivity index (χ3v) is 5.32. The van der Waals surface area contributed by atoms with Crippen molar-refractivity contribution in [3.05, 3.63) is 87.0 Å². The molecule has 4 aromatic rings. The second-order valence-electron chi connectivity index (χ2n) is 7.49. The van der Waals surface area contributed by atoms with Crippen LogP contribution in [0.1, 0.15) is 28.2 Å². The van der Waals surface area contributed by atoms with Gasteiger partial charge in [0.1, 0.15) is 23.8 Å². The van der Waals surface area contributed by atoms with E-state index < -0.39 is 11.6 Å². The highest BCUT2D eigenvalue weighted by molar-refractivity contribution is 5.72. The first-order valence-corrected chi connectivity index (χ1v) is 10.2. The van der Waals surface area contributed by atoms with E-state index in [2.05, 4.69) is 19.6 Å². The molecule has 0 fully saturated rings. The van der Waals surface area contributed by atoms with Gasteiger partial charge in [0.25, 0.3) is 0 Å². The Bertz CT molecular complexity index is 1360. The molecule has 0 spiro atoms. The van der Waals surface area contributed by atoms with Crippen LogP contribution in [-0.2, 0) is 13.0 Å². The number of nitrogens with one attached hydrogen (secondary N) is 1. The van der Waals surface area contributed by atoms with Gasteiger partial charge in [-0.25, -0.2) is 14.2 Å². The first-order valence-electron chi connectivity index (χ1n) is 10.2. The standard InChI is InChI=1S/C24H22FN3O5/c1-13-10-20(32-12-21-27-24(30)33-28-21)22(25)14(2)17(13)11-15-8-9-18(29)23(26-15)16-6-4-5-7-19(16)31-3/h4-10,29H,11-12H2,1-3H3,(H,27,28,30). The van der Waals surface area contributed by atoms with Crippen LogP contribution in [0.15, 0.2) is 51.8 Å². The van der Waals surface area contributed by atoms with Gasteiger partial charge in [-0.1, -0.05) is 17.3 Å². The maximum Gasteiger partial charge on any atom is 0.439 e. The summed E-state index contributed by atoms with van der Waals surface area (Å²) >= 11 is 0. The average Bonchev–Trinajstić information content (AvgIpc) is 3.24. The Morgan fingerprint density at radius 3 is 2.67 bits per heavy atom. The average molecular weight is 451 g/mol. The summed E-state index contributed by atoms with van der Waals surface area (Å²) in [5, 5.41) is 13.9. The minimum absolute atomic E-state index is 0.0255. The van der Waals surface area contributed by atoms with Gasteiger partial charge in [-0.3, -0.25) is 9.51 Å². The molecule has 0 saturated heterocycles. The van der Waals surface area contributed by atoms with Crippen molar-refractivity contribution < 1.29 is 23.5 Å². The molecule has 0 aliphatic rings. The van der Waals surface area contributed by atoms with E-state index in [0.29, 0.717) is 34.7 Å². The predicted molar refractivity (Wildman–Crippen MR) is 118 cm³/mol. The summed E-state index contributed by atoms with van der Waals surface area (Å²) in [4.78, 5) is 18.0. The lowest BCUT2D eigenvalue weighted by atomic mass is 9.97. The van der Waals surface area contributed by atoms with Crippen LogP contribution in [0.4, 0.5) is 4.39 Å². The quantitative estimate of drug-likeness (QED) is 0.436. The number of methoxy groups -OCH3 is 1. The van der Waals surface area contributed by atoms with Gasteiger partial charge in [0.15, 0.2) is 17.4 Å². The number of benzene rings is 2. The molecule has 4 rings (SSSR count). The Hall–Kier alpha value is -4.14. The number of hydrogen-bond donors (Lipinski definition) is 2. The van der Waals surface area contributed by atoms with Crippen molar-refractivity contribution in [3.8, 4) is 28.5 Å². The molecule has 0 amide bonds. The summed E-state index contributed by atoms with van der Waals surface area (Å²) in [6, 6.07) is 12.1. The van der Waals surface area contributed by atoms with Crippen LogP contribution in [0, 0.1) is 19.7 Å². The largest absolute Gasteiger partial charge is 0.506 e. The summed E-state index contributed by atoms with van der Waals surface area (Å²) in [5.41, 5.74) is 3.71. The summed E-state index contributed by atoms with van der Waals surface area (Å²) in [6.45, 7) is 3.39. The highest BCUT2D eigenvalue weighted by atomic mass is 19.1. The second-order valence-corrected chi connectivity index (χ2v) is 7.49. The number of aromatic hydroxyl groups is 1. The summed E-state index contributed by atoms with van der Waals surface area (Å²) in [6.07, 6.45) is 0.355. The van der Waals surface area contributed by atoms with Crippen LogP contribution in [0.5, 0.6) is 17.2 Å². The molecule has 0 atom stereocenters. The fourth-order valence-corrected chi connectivity index (χ4v) is 3.62. The van der Waals surface area contributed by atoms with Crippen molar-refractivity contribution in [3.63, 3.8) is 0 Å². The Kier molecular flexibility index (Phi) is 6.12. The molecule has 0 bridgehead atoms. The van der Waals surface area contributed by atoms with Crippen molar-refractivity contribution in [2.24, 2.45) is 0 Å². The zero-order valence-corrected chi connectivity index (χ0v) is 18.3. The Balaban J connectivity index is 1.63. The van der Waals surface area contributed by atoms with Gasteiger partial charge in [0, 0.05) is 17.7 Å². The minimum Gasteiger partial charge on any atom is -0.506 e. The zero-order valence-electron chi connectivity index (χ0n) is 18.3. The van der Waals surface area contributed by atoms with Crippen molar-refractivity contribution >= 4 is 0 Å². The molecule has 0 aliphatic carbocycles. The molecule has 33 heavy (non-hydrogen) atoms. The molecule has 0 saturated carbocycles. The van der Waals surface area contributed by atoms with Gasteiger partial charge in [0.2, 0.25) is 0 Å². The number of halogens is 1. The number of para-hydroxylation sites is 1. The lowest BCUT2D eigenvalue weighted by molar-refractivity contribution is 0.271. The van der Waals surface area contributed by atoms with Crippen LogP contribution in [0.2, 0.25) is 0 Å². The molecule has 2 aromatic heterocycles. The fraction of sp³-hybridized carbons (Fsp3) is 0.208. The van der Waals surface area contributed by atoms with E-state index in [-0.39, 0.29) is 23.9 Å². The molecule has 9 heteroatoms. The predicted octanol–water partition coefficient (Wildman–Crippen LogP) is 4.06. The maximum absolute atomic E-state index is 15.0. The number of hydrogen-bond acceptors (Lipinski definition) is 7. The number of aromatic nitrogens is 3. The molecule has 0 aliphatic heterocycles. The van der Waals surface area contributed by atoms with E-state index in [9.17, 15) is 9.90 Å². The highest BCUT2D eigenvalue weighted by Gasteiger charge is 2.18. The minimum atomic E-state index is -0.703. The van der Waals surface area contributed by atoms with Crippen LogP contribution >= 0.6 is 0 Å². The summed E-state index contributed by atoms with van der Waals surface area (Å²) in [5.74, 6) is -0.388. The molecule has 2 N–H and O–H groups in total. The first-order chi connectivity index (χ1) is 15.9. The van der Waals surface area contributed by atoms with Gasteiger partial charge in [-0.15, -0.1) is 0 Å². The molecule has 8 nitrogen and oxygen atoms in total. The number of aryl methyl sites for hydroxylation is 1. The van der Waals surface area contributed by atoms with Gasteiger partial charge in [-0.2, -0.15) is 0 Å².